The molecular formula is C17H21F3N2O4. The van der Waals surface area contributed by atoms with E-state index in [1.807, 2.05) is 0 Å². The van der Waals surface area contributed by atoms with Gasteiger partial charge < -0.3 is 19.7 Å². The molecule has 0 spiro atoms. The highest BCUT2D eigenvalue weighted by atomic mass is 19.4. The van der Waals surface area contributed by atoms with Crippen LogP contribution < -0.4 is 10.1 Å². The van der Waals surface area contributed by atoms with E-state index >= 15 is 0 Å². The third kappa shape index (κ3) is 6.21. The average molecular weight is 374 g/mol. The Kier molecular flexibility index (Phi) is 6.84. The molecule has 1 atom stereocenters. The summed E-state index contributed by atoms with van der Waals surface area (Å²) in [6.45, 7) is 1.55. The maximum atomic E-state index is 12.2. The Morgan fingerprint density at radius 1 is 1.31 bits per heavy atom. The van der Waals surface area contributed by atoms with Gasteiger partial charge in [0.25, 0.3) is 0 Å². The number of alkyl halides is 3. The van der Waals surface area contributed by atoms with Gasteiger partial charge in [-0.25, -0.2) is 0 Å². The summed E-state index contributed by atoms with van der Waals surface area (Å²) in [5, 5.41) is 2.77. The van der Waals surface area contributed by atoms with Crippen molar-refractivity contribution in [3.63, 3.8) is 0 Å². The predicted octanol–water partition coefficient (Wildman–Crippen LogP) is 2.09. The van der Waals surface area contributed by atoms with Crippen LogP contribution in [0.1, 0.15) is 18.4 Å². The number of carbonyl (C=O) groups is 2. The molecule has 0 unspecified atom stereocenters. The highest BCUT2D eigenvalue weighted by Gasteiger charge is 2.34. The summed E-state index contributed by atoms with van der Waals surface area (Å²) in [5.41, 5.74) is 0.661. The summed E-state index contributed by atoms with van der Waals surface area (Å²) in [5.74, 6) is -1.07. The molecule has 0 bridgehead atoms. The van der Waals surface area contributed by atoms with Crippen LogP contribution in [0.3, 0.4) is 0 Å². The summed E-state index contributed by atoms with van der Waals surface area (Å²) in [7, 11) is 1.58. The summed E-state index contributed by atoms with van der Waals surface area (Å²) in [6, 6.07) is 5.33. The number of benzene rings is 1. The molecule has 2 rings (SSSR count). The number of nitrogens with one attached hydrogen (secondary N) is 1. The van der Waals surface area contributed by atoms with Crippen LogP contribution in [0.4, 0.5) is 13.2 Å². The number of carbonyl (C=O) groups excluding carboxylic acids is 2. The second-order valence-corrected chi connectivity index (χ2v) is 6.00. The SMILES string of the molecule is COCCCNC(=O)[C@H]1CC(=O)N(Cc2ccc(OC(F)(F)F)cc2)C1. The molecule has 1 aliphatic rings. The fraction of sp³-hybridized carbons (Fsp3) is 0.529. The Balaban J connectivity index is 1.84. The number of hydrogen-bond donors (Lipinski definition) is 1. The van der Waals surface area contributed by atoms with Crippen LogP contribution in [-0.2, 0) is 20.9 Å². The Hall–Kier alpha value is -2.29. The normalized spacial score (nSPS) is 17.5. The molecule has 26 heavy (non-hydrogen) atoms. The lowest BCUT2D eigenvalue weighted by Crippen LogP contribution is -2.33. The molecule has 0 aliphatic carbocycles. The molecule has 0 aromatic heterocycles. The maximum Gasteiger partial charge on any atom is 0.573 e. The van der Waals surface area contributed by atoms with Crippen molar-refractivity contribution < 1.29 is 32.2 Å². The van der Waals surface area contributed by atoms with Gasteiger partial charge in [-0.05, 0) is 24.1 Å². The number of rotatable bonds is 8. The second kappa shape index (κ2) is 8.88. The van der Waals surface area contributed by atoms with Crippen molar-refractivity contribution in [1.82, 2.24) is 10.2 Å². The average Bonchev–Trinajstić information content (AvgIpc) is 2.93. The van der Waals surface area contributed by atoms with Crippen molar-refractivity contribution in [3.05, 3.63) is 29.8 Å². The molecule has 1 fully saturated rings. The van der Waals surface area contributed by atoms with Crippen molar-refractivity contribution in [2.24, 2.45) is 5.92 Å². The zero-order valence-corrected chi connectivity index (χ0v) is 14.3. The van der Waals surface area contributed by atoms with Gasteiger partial charge in [0, 0.05) is 39.8 Å². The van der Waals surface area contributed by atoms with Gasteiger partial charge in [0.05, 0.1) is 5.92 Å². The topological polar surface area (TPSA) is 67.9 Å². The molecule has 6 nitrogen and oxygen atoms in total. The molecule has 1 saturated heterocycles. The smallest absolute Gasteiger partial charge is 0.406 e. The van der Waals surface area contributed by atoms with Gasteiger partial charge in [0.1, 0.15) is 5.75 Å². The van der Waals surface area contributed by atoms with Gasteiger partial charge in [0.15, 0.2) is 0 Å². The van der Waals surface area contributed by atoms with Crippen LogP contribution in [0.25, 0.3) is 0 Å². The number of nitrogens with zero attached hydrogens (tertiary/aromatic N) is 1. The molecule has 0 saturated carbocycles. The molecule has 1 aliphatic heterocycles. The van der Waals surface area contributed by atoms with E-state index in [0.29, 0.717) is 25.1 Å². The van der Waals surface area contributed by atoms with Gasteiger partial charge in [0.2, 0.25) is 11.8 Å². The van der Waals surface area contributed by atoms with Gasteiger partial charge in [-0.1, -0.05) is 12.1 Å². The summed E-state index contributed by atoms with van der Waals surface area (Å²) in [4.78, 5) is 25.7. The third-order valence-corrected chi connectivity index (χ3v) is 3.94. The van der Waals surface area contributed by atoms with Crippen molar-refractivity contribution in [1.29, 1.82) is 0 Å². The Labute approximate surface area is 149 Å². The van der Waals surface area contributed by atoms with Crippen molar-refractivity contribution >= 4 is 11.8 Å². The summed E-state index contributed by atoms with van der Waals surface area (Å²) >= 11 is 0. The van der Waals surface area contributed by atoms with E-state index in [1.54, 1.807) is 7.11 Å². The van der Waals surface area contributed by atoms with E-state index in [0.717, 1.165) is 0 Å². The highest BCUT2D eigenvalue weighted by molar-refractivity contribution is 5.89. The molecule has 1 heterocycles. The number of methoxy groups -OCH3 is 1. The fourth-order valence-corrected chi connectivity index (χ4v) is 2.69. The Morgan fingerprint density at radius 3 is 2.62 bits per heavy atom. The van der Waals surface area contributed by atoms with E-state index in [4.69, 9.17) is 4.74 Å². The monoisotopic (exact) mass is 374 g/mol. The lowest BCUT2D eigenvalue weighted by Gasteiger charge is -2.17. The highest BCUT2D eigenvalue weighted by Crippen LogP contribution is 2.24. The van der Waals surface area contributed by atoms with Gasteiger partial charge in [-0.2, -0.15) is 0 Å². The fourth-order valence-electron chi connectivity index (χ4n) is 2.69. The van der Waals surface area contributed by atoms with Crippen LogP contribution in [0.2, 0.25) is 0 Å². The van der Waals surface area contributed by atoms with Crippen LogP contribution >= 0.6 is 0 Å². The van der Waals surface area contributed by atoms with Crippen LogP contribution in [0, 0.1) is 5.92 Å². The minimum absolute atomic E-state index is 0.130. The zero-order valence-electron chi connectivity index (χ0n) is 14.3. The first-order chi connectivity index (χ1) is 12.3. The van der Waals surface area contributed by atoms with Crippen LogP contribution in [0.5, 0.6) is 5.75 Å². The molecular weight excluding hydrogens is 353 g/mol. The molecule has 1 aromatic carbocycles. The molecule has 144 valence electrons. The largest absolute Gasteiger partial charge is 0.573 e. The van der Waals surface area contributed by atoms with E-state index in [-0.39, 0.29) is 37.1 Å². The van der Waals surface area contributed by atoms with Crippen molar-refractivity contribution in [2.75, 3.05) is 26.8 Å². The quantitative estimate of drug-likeness (QED) is 0.708. The Morgan fingerprint density at radius 2 is 2.00 bits per heavy atom. The van der Waals surface area contributed by atoms with Crippen molar-refractivity contribution in [2.45, 2.75) is 25.7 Å². The van der Waals surface area contributed by atoms with Gasteiger partial charge in [-0.3, -0.25) is 9.59 Å². The predicted molar refractivity (Wildman–Crippen MR) is 86.2 cm³/mol. The number of halogens is 3. The lowest BCUT2D eigenvalue weighted by atomic mass is 10.1. The van der Waals surface area contributed by atoms with Crippen molar-refractivity contribution in [3.8, 4) is 5.75 Å². The zero-order chi connectivity index (χ0) is 19.2. The number of likely N-dealkylation sites (tertiary alicyclic amines) is 1. The van der Waals surface area contributed by atoms with E-state index in [2.05, 4.69) is 10.1 Å². The second-order valence-electron chi connectivity index (χ2n) is 6.00. The number of amides is 2. The van der Waals surface area contributed by atoms with Crippen LogP contribution in [-0.4, -0.2) is 49.9 Å². The lowest BCUT2D eigenvalue weighted by molar-refractivity contribution is -0.274. The minimum Gasteiger partial charge on any atom is -0.406 e. The molecule has 0 radical (unpaired) electrons. The minimum atomic E-state index is -4.74. The molecule has 1 aromatic rings. The first kappa shape index (κ1) is 20.0. The standard InChI is InChI=1S/C17H21F3N2O4/c1-25-8-2-7-21-16(24)13-9-15(23)22(11-13)10-12-3-5-14(6-4-12)26-17(18,19)20/h3-6,13H,2,7-11H2,1H3,(H,21,24)/t13-/m0/s1. The van der Waals surface area contributed by atoms with Crippen LogP contribution in [0.15, 0.2) is 24.3 Å². The van der Waals surface area contributed by atoms with Gasteiger partial charge >= 0.3 is 6.36 Å². The maximum absolute atomic E-state index is 12.2. The molecule has 9 heteroatoms. The van der Waals surface area contributed by atoms with E-state index in [9.17, 15) is 22.8 Å². The van der Waals surface area contributed by atoms with Gasteiger partial charge in [-0.15, -0.1) is 13.2 Å². The third-order valence-electron chi connectivity index (χ3n) is 3.94. The summed E-state index contributed by atoms with van der Waals surface area (Å²) in [6.07, 6.45) is -3.92. The first-order valence-electron chi connectivity index (χ1n) is 8.17. The first-order valence-corrected chi connectivity index (χ1v) is 8.17. The molecule has 2 amide bonds. The molecule has 1 N–H and O–H groups in total. The Bertz CT molecular complexity index is 619. The van der Waals surface area contributed by atoms with E-state index in [1.165, 1.54) is 29.2 Å². The summed E-state index contributed by atoms with van der Waals surface area (Å²) < 4.78 is 45.2. The number of ether oxygens (including phenoxy) is 2. The number of hydrogen-bond acceptors (Lipinski definition) is 4. The van der Waals surface area contributed by atoms with E-state index < -0.39 is 12.3 Å².